The van der Waals surface area contributed by atoms with E-state index in [0.717, 1.165) is 32.0 Å². The van der Waals surface area contributed by atoms with Crippen LogP contribution in [0.2, 0.25) is 0 Å². The predicted octanol–water partition coefficient (Wildman–Crippen LogP) is 1.42. The van der Waals surface area contributed by atoms with Gasteiger partial charge in [0.2, 0.25) is 6.79 Å². The maximum Gasteiger partial charge on any atom is 0.251 e. The summed E-state index contributed by atoms with van der Waals surface area (Å²) in [6, 6.07) is 5.76. The van der Waals surface area contributed by atoms with Crippen molar-refractivity contribution in [3.05, 3.63) is 23.8 Å². The fourth-order valence-corrected chi connectivity index (χ4v) is 4.64. The summed E-state index contributed by atoms with van der Waals surface area (Å²) in [4.78, 5) is 17.3. The van der Waals surface area contributed by atoms with Crippen molar-refractivity contribution >= 4 is 5.91 Å². The van der Waals surface area contributed by atoms with Crippen LogP contribution in [0, 0.1) is 24.2 Å². The van der Waals surface area contributed by atoms with E-state index in [1.54, 1.807) is 18.2 Å². The Hall–Kier alpha value is -2.23. The van der Waals surface area contributed by atoms with Crippen molar-refractivity contribution in [1.29, 1.82) is 0 Å². The average molecular weight is 369 g/mol. The summed E-state index contributed by atoms with van der Waals surface area (Å²) < 4.78 is 10.7. The Morgan fingerprint density at radius 3 is 3.04 bits per heavy atom. The van der Waals surface area contributed by atoms with Crippen molar-refractivity contribution in [1.82, 2.24) is 15.1 Å². The number of nitrogens with one attached hydrogen (secondary N) is 1. The quantitative estimate of drug-likeness (QED) is 0.769. The minimum Gasteiger partial charge on any atom is -0.454 e. The molecular weight excluding hydrogens is 342 g/mol. The van der Waals surface area contributed by atoms with E-state index in [9.17, 15) is 4.79 Å². The van der Waals surface area contributed by atoms with Gasteiger partial charge in [0.05, 0.1) is 6.54 Å². The molecule has 0 aliphatic carbocycles. The molecule has 1 amide bonds. The number of nitrogens with zero attached hydrogens (tertiary/aromatic N) is 2. The van der Waals surface area contributed by atoms with Crippen molar-refractivity contribution in [2.24, 2.45) is 11.8 Å². The summed E-state index contributed by atoms with van der Waals surface area (Å²) in [6.45, 7) is 4.90. The van der Waals surface area contributed by atoms with Gasteiger partial charge in [0.1, 0.15) is 0 Å². The number of piperidine rings is 3. The minimum atomic E-state index is -0.0544. The Kier molecular flexibility index (Phi) is 5.24. The standard InChI is InChI=1S/C21H27N3O3/c1-3-7-23(2)12-17-13-24-8-6-15(17)9-18(24)11-22-21(25)16-4-5-19-20(10-16)27-14-26-19/h1,4-5,10,15,17-18H,6-9,11-14H2,2H3,(H,22,25)/t15-,17+,18+/m0/s1. The molecule has 1 aromatic carbocycles. The largest absolute Gasteiger partial charge is 0.454 e. The smallest absolute Gasteiger partial charge is 0.251 e. The molecule has 2 bridgehead atoms. The van der Waals surface area contributed by atoms with Gasteiger partial charge in [0, 0.05) is 31.2 Å². The molecule has 1 N–H and O–H groups in total. The third-order valence-corrected chi connectivity index (χ3v) is 6.05. The highest BCUT2D eigenvalue weighted by atomic mass is 16.7. The van der Waals surface area contributed by atoms with Crippen LogP contribution in [0.4, 0.5) is 0 Å². The number of fused-ring (bicyclic) bond motifs is 4. The zero-order valence-electron chi connectivity index (χ0n) is 15.8. The molecule has 0 radical (unpaired) electrons. The lowest BCUT2D eigenvalue weighted by molar-refractivity contribution is -0.00762. The Morgan fingerprint density at radius 1 is 1.41 bits per heavy atom. The van der Waals surface area contributed by atoms with E-state index in [0.29, 0.717) is 42.1 Å². The molecule has 0 spiro atoms. The Balaban J connectivity index is 1.30. The Bertz CT molecular complexity index is 745. The zero-order chi connectivity index (χ0) is 18.8. The average Bonchev–Trinajstić information content (AvgIpc) is 3.15. The number of hydrogen-bond donors (Lipinski definition) is 1. The van der Waals surface area contributed by atoms with E-state index in [4.69, 9.17) is 15.9 Å². The highest BCUT2D eigenvalue weighted by molar-refractivity contribution is 5.94. The number of ether oxygens (including phenoxy) is 2. The van der Waals surface area contributed by atoms with Crippen molar-refractivity contribution in [2.75, 3.05) is 46.6 Å². The van der Waals surface area contributed by atoms with Gasteiger partial charge in [-0.2, -0.15) is 0 Å². The van der Waals surface area contributed by atoms with Gasteiger partial charge in [0.25, 0.3) is 5.91 Å². The molecule has 6 heteroatoms. The molecule has 6 nitrogen and oxygen atoms in total. The molecule has 144 valence electrons. The molecule has 3 fully saturated rings. The Labute approximate surface area is 160 Å². The number of hydrogen-bond acceptors (Lipinski definition) is 5. The molecule has 4 atom stereocenters. The first-order chi connectivity index (χ1) is 13.1. The third-order valence-electron chi connectivity index (χ3n) is 6.05. The van der Waals surface area contributed by atoms with Crippen LogP contribution < -0.4 is 14.8 Å². The normalized spacial score (nSPS) is 28.2. The predicted molar refractivity (Wildman–Crippen MR) is 103 cm³/mol. The number of rotatable bonds is 6. The molecule has 1 unspecified atom stereocenters. The monoisotopic (exact) mass is 369 g/mol. The van der Waals surface area contributed by atoms with Gasteiger partial charge in [-0.1, -0.05) is 5.92 Å². The molecular formula is C21H27N3O3. The number of carbonyl (C=O) groups excluding carboxylic acids is 1. The molecule has 4 aliphatic rings. The number of benzene rings is 1. The first-order valence-electron chi connectivity index (χ1n) is 9.68. The van der Waals surface area contributed by atoms with Crippen molar-refractivity contribution in [3.63, 3.8) is 0 Å². The highest BCUT2D eigenvalue weighted by Gasteiger charge is 2.40. The summed E-state index contributed by atoms with van der Waals surface area (Å²) in [7, 11) is 2.10. The summed E-state index contributed by atoms with van der Waals surface area (Å²) in [5, 5.41) is 3.11. The number of carbonyl (C=O) groups is 1. The maximum atomic E-state index is 12.5. The van der Waals surface area contributed by atoms with E-state index in [-0.39, 0.29) is 12.7 Å². The lowest BCUT2D eigenvalue weighted by atomic mass is 9.75. The second kappa shape index (κ2) is 7.79. The van der Waals surface area contributed by atoms with E-state index in [1.165, 1.54) is 6.42 Å². The second-order valence-electron chi connectivity index (χ2n) is 7.87. The van der Waals surface area contributed by atoms with Crippen LogP contribution >= 0.6 is 0 Å². The zero-order valence-corrected chi connectivity index (χ0v) is 15.8. The minimum absolute atomic E-state index is 0.0544. The van der Waals surface area contributed by atoms with Crippen molar-refractivity contribution in [3.8, 4) is 23.8 Å². The SMILES string of the molecule is C#CCN(C)C[C@@H]1CN2CC[C@H]1C[C@@H]2CNC(=O)c1ccc2c(c1)OCO2. The van der Waals surface area contributed by atoms with Gasteiger partial charge in [-0.15, -0.1) is 6.42 Å². The van der Waals surface area contributed by atoms with Gasteiger partial charge in [0.15, 0.2) is 11.5 Å². The van der Waals surface area contributed by atoms with Crippen molar-refractivity contribution in [2.45, 2.75) is 18.9 Å². The molecule has 0 saturated carbocycles. The van der Waals surface area contributed by atoms with Crippen LogP contribution in [0.3, 0.4) is 0 Å². The summed E-state index contributed by atoms with van der Waals surface area (Å²) in [6.07, 6.45) is 7.82. The van der Waals surface area contributed by atoms with E-state index >= 15 is 0 Å². The molecule has 0 aromatic heterocycles. The fourth-order valence-electron chi connectivity index (χ4n) is 4.64. The van der Waals surface area contributed by atoms with Gasteiger partial charge < -0.3 is 14.8 Å². The summed E-state index contributed by atoms with van der Waals surface area (Å²) in [5.41, 5.74) is 0.615. The number of amides is 1. The highest BCUT2D eigenvalue weighted by Crippen LogP contribution is 2.36. The van der Waals surface area contributed by atoms with Crippen molar-refractivity contribution < 1.29 is 14.3 Å². The molecule has 4 aliphatic heterocycles. The molecule has 1 aromatic rings. The topological polar surface area (TPSA) is 54.0 Å². The van der Waals surface area contributed by atoms with Gasteiger partial charge in [-0.3, -0.25) is 14.6 Å². The molecule has 4 heterocycles. The van der Waals surface area contributed by atoms with E-state index in [2.05, 4.69) is 28.1 Å². The third kappa shape index (κ3) is 3.90. The van der Waals surface area contributed by atoms with Crippen LogP contribution in [0.15, 0.2) is 18.2 Å². The maximum absolute atomic E-state index is 12.5. The fraction of sp³-hybridized carbons (Fsp3) is 0.571. The molecule has 3 saturated heterocycles. The summed E-state index contributed by atoms with van der Waals surface area (Å²) >= 11 is 0. The van der Waals surface area contributed by atoms with Gasteiger partial charge >= 0.3 is 0 Å². The van der Waals surface area contributed by atoms with Crippen LogP contribution in [-0.2, 0) is 0 Å². The van der Waals surface area contributed by atoms with Gasteiger partial charge in [-0.25, -0.2) is 0 Å². The van der Waals surface area contributed by atoms with Crippen LogP contribution in [0.1, 0.15) is 23.2 Å². The molecule has 27 heavy (non-hydrogen) atoms. The van der Waals surface area contributed by atoms with Crippen LogP contribution in [-0.4, -0.2) is 68.3 Å². The lowest BCUT2D eigenvalue weighted by Gasteiger charge is -2.50. The lowest BCUT2D eigenvalue weighted by Crippen LogP contribution is -2.58. The number of terminal acetylenes is 1. The molecule has 5 rings (SSSR count). The first kappa shape index (κ1) is 18.1. The summed E-state index contributed by atoms with van der Waals surface area (Å²) in [5.74, 6) is 5.41. The first-order valence-corrected chi connectivity index (χ1v) is 9.68. The van der Waals surface area contributed by atoms with Gasteiger partial charge in [-0.05, 0) is 56.5 Å². The second-order valence-corrected chi connectivity index (χ2v) is 7.87. The Morgan fingerprint density at radius 2 is 2.26 bits per heavy atom. The van der Waals surface area contributed by atoms with E-state index in [1.807, 2.05) is 0 Å². The van der Waals surface area contributed by atoms with Crippen LogP contribution in [0.5, 0.6) is 11.5 Å². The van der Waals surface area contributed by atoms with E-state index < -0.39 is 0 Å². The van der Waals surface area contributed by atoms with Crippen LogP contribution in [0.25, 0.3) is 0 Å².